The minimum absolute atomic E-state index is 0.0404. The first-order valence-electron chi connectivity index (χ1n) is 11.4. The molecule has 2 aliphatic heterocycles. The summed E-state index contributed by atoms with van der Waals surface area (Å²) in [4.78, 5) is 35.9. The topological polar surface area (TPSA) is 89.4 Å². The van der Waals surface area contributed by atoms with E-state index in [1.165, 1.54) is 0 Å². The van der Waals surface area contributed by atoms with Gasteiger partial charge in [0.1, 0.15) is 6.10 Å². The van der Waals surface area contributed by atoms with E-state index in [2.05, 4.69) is 27.4 Å². The third-order valence-corrected chi connectivity index (χ3v) is 6.47. The average Bonchev–Trinajstić information content (AvgIpc) is 3.31. The molecule has 2 aromatic heterocycles. The number of fused-ring (bicyclic) bond motifs is 1. The Kier molecular flexibility index (Phi) is 6.17. The molecule has 0 aliphatic carbocycles. The molecule has 1 fully saturated rings. The highest BCUT2D eigenvalue weighted by Gasteiger charge is 2.32. The van der Waals surface area contributed by atoms with Gasteiger partial charge < -0.3 is 19.5 Å². The van der Waals surface area contributed by atoms with Gasteiger partial charge in [0.05, 0.1) is 25.2 Å². The number of nitrogens with one attached hydrogen (secondary N) is 1. The van der Waals surface area contributed by atoms with Crippen molar-refractivity contribution >= 4 is 11.8 Å². The first-order chi connectivity index (χ1) is 16.2. The molecule has 33 heavy (non-hydrogen) atoms. The number of imidazole rings is 1. The van der Waals surface area contributed by atoms with Gasteiger partial charge in [-0.3, -0.25) is 14.6 Å². The quantitative estimate of drug-likeness (QED) is 0.652. The van der Waals surface area contributed by atoms with Crippen LogP contribution < -0.4 is 5.32 Å². The van der Waals surface area contributed by atoms with Crippen LogP contribution in [0.5, 0.6) is 0 Å². The Labute approximate surface area is 192 Å². The predicted molar refractivity (Wildman–Crippen MR) is 121 cm³/mol. The van der Waals surface area contributed by atoms with E-state index in [1.807, 2.05) is 34.9 Å². The van der Waals surface area contributed by atoms with E-state index in [9.17, 15) is 9.59 Å². The standard InChI is InChI=1S/C25H27N5O3/c31-24(27-14-18-6-10-26-11-7-18)20-8-12-29(13-9-20)25(32)23-21-16-33-22(15-30(21)17-28-23)19-4-2-1-3-5-19/h1-7,10-11,17,20,22H,8-9,12-16H2,(H,27,31)/t22-/m1/s1. The van der Waals surface area contributed by atoms with Crippen molar-refractivity contribution in [3.63, 3.8) is 0 Å². The van der Waals surface area contributed by atoms with Crippen LogP contribution in [0.1, 0.15) is 46.3 Å². The largest absolute Gasteiger partial charge is 0.365 e. The van der Waals surface area contributed by atoms with Crippen molar-refractivity contribution in [2.24, 2.45) is 5.92 Å². The van der Waals surface area contributed by atoms with Crippen LogP contribution in [0, 0.1) is 5.92 Å². The van der Waals surface area contributed by atoms with Crippen LogP contribution in [0.25, 0.3) is 0 Å². The van der Waals surface area contributed by atoms with Crippen LogP contribution in [-0.2, 0) is 29.2 Å². The van der Waals surface area contributed by atoms with Crippen LogP contribution in [-0.4, -0.2) is 44.3 Å². The summed E-state index contributed by atoms with van der Waals surface area (Å²) in [5, 5.41) is 3.00. The molecular weight excluding hydrogens is 418 g/mol. The Balaban J connectivity index is 1.16. The molecule has 0 saturated carbocycles. The molecule has 2 amide bonds. The first kappa shape index (κ1) is 21.3. The summed E-state index contributed by atoms with van der Waals surface area (Å²) >= 11 is 0. The lowest BCUT2D eigenvalue weighted by Crippen LogP contribution is -2.43. The van der Waals surface area contributed by atoms with Gasteiger partial charge >= 0.3 is 0 Å². The fourth-order valence-electron chi connectivity index (χ4n) is 4.50. The molecule has 0 radical (unpaired) electrons. The van der Waals surface area contributed by atoms with Crippen molar-refractivity contribution in [1.82, 2.24) is 24.8 Å². The molecule has 1 atom stereocenters. The van der Waals surface area contributed by atoms with Crippen molar-refractivity contribution in [2.45, 2.75) is 38.6 Å². The SMILES string of the molecule is O=C(NCc1ccncc1)C1CCN(C(=O)c2ncn3c2CO[C@@H](c2ccccc2)C3)CC1. The molecular formula is C25H27N5O3. The van der Waals surface area contributed by atoms with Crippen molar-refractivity contribution in [2.75, 3.05) is 13.1 Å². The van der Waals surface area contributed by atoms with E-state index in [0.29, 0.717) is 51.3 Å². The van der Waals surface area contributed by atoms with Gasteiger partial charge in [-0.05, 0) is 36.1 Å². The maximum Gasteiger partial charge on any atom is 0.274 e. The molecule has 2 aliphatic rings. The summed E-state index contributed by atoms with van der Waals surface area (Å²) < 4.78 is 8.07. The van der Waals surface area contributed by atoms with Crippen LogP contribution in [0.2, 0.25) is 0 Å². The summed E-state index contributed by atoms with van der Waals surface area (Å²) in [6.07, 6.45) is 6.42. The Hall–Kier alpha value is -3.52. The third-order valence-electron chi connectivity index (χ3n) is 6.47. The smallest absolute Gasteiger partial charge is 0.274 e. The van der Waals surface area contributed by atoms with E-state index in [-0.39, 0.29) is 23.8 Å². The maximum absolute atomic E-state index is 13.2. The lowest BCUT2D eigenvalue weighted by Gasteiger charge is -2.31. The molecule has 1 N–H and O–H groups in total. The summed E-state index contributed by atoms with van der Waals surface area (Å²) in [6, 6.07) is 13.9. The number of rotatable bonds is 5. The molecule has 1 aromatic carbocycles. The molecule has 4 heterocycles. The summed E-state index contributed by atoms with van der Waals surface area (Å²) in [5.41, 5.74) is 3.42. The van der Waals surface area contributed by atoms with Crippen LogP contribution in [0.4, 0.5) is 0 Å². The van der Waals surface area contributed by atoms with E-state index < -0.39 is 0 Å². The minimum Gasteiger partial charge on any atom is -0.365 e. The second-order valence-electron chi connectivity index (χ2n) is 8.54. The molecule has 0 spiro atoms. The second-order valence-corrected chi connectivity index (χ2v) is 8.54. The number of benzene rings is 1. The van der Waals surface area contributed by atoms with Crippen molar-refractivity contribution in [3.05, 3.63) is 83.7 Å². The monoisotopic (exact) mass is 445 g/mol. The molecule has 5 rings (SSSR count). The van der Waals surface area contributed by atoms with Crippen molar-refractivity contribution in [1.29, 1.82) is 0 Å². The summed E-state index contributed by atoms with van der Waals surface area (Å²) in [5.74, 6) is -0.124. The van der Waals surface area contributed by atoms with Crippen molar-refractivity contribution in [3.8, 4) is 0 Å². The molecule has 0 unspecified atom stereocenters. The highest BCUT2D eigenvalue weighted by molar-refractivity contribution is 5.93. The number of carbonyl (C=O) groups excluding carboxylic acids is 2. The second kappa shape index (κ2) is 9.54. The number of nitrogens with zero attached hydrogens (tertiary/aromatic N) is 4. The van der Waals surface area contributed by atoms with Gasteiger partial charge in [0.25, 0.3) is 5.91 Å². The Bertz CT molecular complexity index is 1110. The lowest BCUT2D eigenvalue weighted by molar-refractivity contribution is -0.126. The number of hydrogen-bond donors (Lipinski definition) is 1. The fraction of sp³-hybridized carbons (Fsp3) is 0.360. The van der Waals surface area contributed by atoms with E-state index in [0.717, 1.165) is 16.8 Å². The zero-order valence-electron chi connectivity index (χ0n) is 18.4. The van der Waals surface area contributed by atoms with E-state index in [1.54, 1.807) is 23.6 Å². The van der Waals surface area contributed by atoms with Crippen LogP contribution >= 0.6 is 0 Å². The number of carbonyl (C=O) groups is 2. The van der Waals surface area contributed by atoms with Gasteiger partial charge in [-0.2, -0.15) is 0 Å². The van der Waals surface area contributed by atoms with Gasteiger partial charge in [0, 0.05) is 37.9 Å². The van der Waals surface area contributed by atoms with E-state index in [4.69, 9.17) is 4.74 Å². The van der Waals surface area contributed by atoms with Gasteiger partial charge in [-0.15, -0.1) is 0 Å². The minimum atomic E-state index is -0.0823. The van der Waals surface area contributed by atoms with Crippen molar-refractivity contribution < 1.29 is 14.3 Å². The zero-order chi connectivity index (χ0) is 22.6. The maximum atomic E-state index is 13.2. The number of piperidine rings is 1. The van der Waals surface area contributed by atoms with Gasteiger partial charge in [-0.25, -0.2) is 4.98 Å². The van der Waals surface area contributed by atoms with Gasteiger partial charge in [-0.1, -0.05) is 30.3 Å². The Morgan fingerprint density at radius 3 is 2.58 bits per heavy atom. The average molecular weight is 446 g/mol. The molecule has 170 valence electrons. The Morgan fingerprint density at radius 2 is 1.82 bits per heavy atom. The van der Waals surface area contributed by atoms with Crippen LogP contribution in [0.3, 0.4) is 0 Å². The zero-order valence-corrected chi connectivity index (χ0v) is 18.4. The molecule has 8 nitrogen and oxygen atoms in total. The van der Waals surface area contributed by atoms with Gasteiger partial charge in [0.15, 0.2) is 5.69 Å². The van der Waals surface area contributed by atoms with E-state index >= 15 is 0 Å². The molecule has 3 aromatic rings. The third kappa shape index (κ3) is 4.66. The molecule has 8 heteroatoms. The molecule has 0 bridgehead atoms. The first-order valence-corrected chi connectivity index (χ1v) is 11.4. The molecule has 1 saturated heterocycles. The number of likely N-dealkylation sites (tertiary alicyclic amines) is 1. The predicted octanol–water partition coefficient (Wildman–Crippen LogP) is 2.72. The summed E-state index contributed by atoms with van der Waals surface area (Å²) in [7, 11) is 0. The highest BCUT2D eigenvalue weighted by atomic mass is 16.5. The lowest BCUT2D eigenvalue weighted by atomic mass is 9.95. The summed E-state index contributed by atoms with van der Waals surface area (Å²) in [6.45, 7) is 2.58. The number of pyridine rings is 1. The van der Waals surface area contributed by atoms with Crippen LogP contribution in [0.15, 0.2) is 61.2 Å². The number of hydrogen-bond acceptors (Lipinski definition) is 5. The number of ether oxygens (including phenoxy) is 1. The Morgan fingerprint density at radius 1 is 1.06 bits per heavy atom. The fourth-order valence-corrected chi connectivity index (χ4v) is 4.50. The highest BCUT2D eigenvalue weighted by Crippen LogP contribution is 2.28. The van der Waals surface area contributed by atoms with Gasteiger partial charge in [0.2, 0.25) is 5.91 Å². The number of amides is 2. The number of aromatic nitrogens is 3. The normalized spacial score (nSPS) is 18.5.